The Hall–Kier alpha value is -2.75. The number of hydrogen-bond acceptors (Lipinski definition) is 4. The highest BCUT2D eigenvalue weighted by Gasteiger charge is 2.08. The van der Waals surface area contributed by atoms with E-state index in [0.29, 0.717) is 11.3 Å². The van der Waals surface area contributed by atoms with E-state index in [1.807, 2.05) is 6.07 Å². The topological polar surface area (TPSA) is 73.5 Å². The van der Waals surface area contributed by atoms with E-state index in [0.717, 1.165) is 0 Å². The van der Waals surface area contributed by atoms with Crippen molar-refractivity contribution in [2.24, 2.45) is 0 Å². The van der Waals surface area contributed by atoms with Gasteiger partial charge in [-0.05, 0) is 17.9 Å². The Morgan fingerprint density at radius 3 is 2.53 bits per heavy atom. The molecule has 0 unspecified atom stereocenters. The second-order valence-corrected chi connectivity index (χ2v) is 4.13. The third-order valence-electron chi connectivity index (χ3n) is 2.89. The summed E-state index contributed by atoms with van der Waals surface area (Å²) in [5.74, 6) is -0.797. The van der Waals surface area contributed by atoms with Gasteiger partial charge in [0.05, 0.1) is 5.39 Å². The predicted molar refractivity (Wildman–Crippen MR) is 69.0 cm³/mol. The minimum atomic E-state index is -0.674. The van der Waals surface area contributed by atoms with E-state index in [-0.39, 0.29) is 16.4 Å². The molecule has 0 aliphatic rings. The van der Waals surface area contributed by atoms with Crippen molar-refractivity contribution in [1.29, 1.82) is 0 Å². The van der Waals surface area contributed by atoms with Gasteiger partial charge in [0.15, 0.2) is 5.43 Å². The summed E-state index contributed by atoms with van der Waals surface area (Å²) < 4.78 is 5.47. The number of phenols is 1. The number of aromatic hydroxyl groups is 1. The van der Waals surface area contributed by atoms with Gasteiger partial charge in [0.2, 0.25) is 0 Å². The Labute approximate surface area is 108 Å². The number of rotatable bonds is 1. The maximum atomic E-state index is 12.0. The molecule has 0 spiro atoms. The fraction of sp³-hybridized carbons (Fsp3) is 0. The smallest absolute Gasteiger partial charge is 0.193 e. The second kappa shape index (κ2) is 4.17. The molecule has 0 aliphatic carbocycles. The van der Waals surface area contributed by atoms with E-state index >= 15 is 0 Å². The van der Waals surface area contributed by atoms with Crippen molar-refractivity contribution in [3.63, 3.8) is 0 Å². The average Bonchev–Trinajstić information content (AvgIpc) is 2.44. The molecule has 1 aromatic heterocycles. The molecule has 0 amide bonds. The van der Waals surface area contributed by atoms with Crippen LogP contribution in [0.5, 0.6) is 11.5 Å². The molecular weight excluding hydrogens is 244 g/mol. The Morgan fingerprint density at radius 1 is 1.05 bits per heavy atom. The quantitative estimate of drug-likeness (QED) is 0.721. The van der Waals surface area contributed by atoms with E-state index in [4.69, 9.17) is 4.42 Å². The van der Waals surface area contributed by atoms with Crippen LogP contribution < -0.4 is 10.5 Å². The van der Waals surface area contributed by atoms with Gasteiger partial charge in [0.25, 0.3) is 0 Å². The van der Waals surface area contributed by atoms with E-state index in [1.54, 1.807) is 24.3 Å². The normalized spacial score (nSPS) is 10.7. The fourth-order valence-corrected chi connectivity index (χ4v) is 1.93. The van der Waals surface area contributed by atoms with Gasteiger partial charge in [-0.2, -0.15) is 0 Å². The van der Waals surface area contributed by atoms with E-state index < -0.39 is 11.5 Å². The first kappa shape index (κ1) is 11.3. The van der Waals surface area contributed by atoms with Crippen LogP contribution in [0.2, 0.25) is 0 Å². The van der Waals surface area contributed by atoms with Gasteiger partial charge in [0, 0.05) is 11.6 Å². The molecule has 1 heterocycles. The highest BCUT2D eigenvalue weighted by Crippen LogP contribution is 2.32. The summed E-state index contributed by atoms with van der Waals surface area (Å²) in [5, 5.41) is 21.3. The Balaban J connectivity index is 2.36. The first-order valence-corrected chi connectivity index (χ1v) is 5.69. The lowest BCUT2D eigenvalue weighted by Crippen LogP contribution is -2.02. The Morgan fingerprint density at radius 2 is 1.79 bits per heavy atom. The van der Waals surface area contributed by atoms with E-state index in [2.05, 4.69) is 0 Å². The van der Waals surface area contributed by atoms with Crippen LogP contribution in [0.25, 0.3) is 22.3 Å². The molecule has 0 bridgehead atoms. The van der Waals surface area contributed by atoms with Crippen LogP contribution in [0.15, 0.2) is 57.7 Å². The van der Waals surface area contributed by atoms with Crippen LogP contribution in [0.3, 0.4) is 0 Å². The fourth-order valence-electron chi connectivity index (χ4n) is 1.93. The van der Waals surface area contributed by atoms with Gasteiger partial charge in [0.1, 0.15) is 17.1 Å². The second-order valence-electron chi connectivity index (χ2n) is 4.13. The molecule has 19 heavy (non-hydrogen) atoms. The molecule has 0 fully saturated rings. The van der Waals surface area contributed by atoms with Gasteiger partial charge in [-0.1, -0.05) is 30.3 Å². The van der Waals surface area contributed by atoms with Crippen LogP contribution >= 0.6 is 0 Å². The molecule has 0 aliphatic heterocycles. The van der Waals surface area contributed by atoms with Crippen molar-refractivity contribution in [1.82, 2.24) is 0 Å². The predicted octanol–water partition coefficient (Wildman–Crippen LogP) is 2.24. The van der Waals surface area contributed by atoms with Gasteiger partial charge in [-0.3, -0.25) is 4.79 Å². The van der Waals surface area contributed by atoms with Gasteiger partial charge in [-0.25, -0.2) is 0 Å². The maximum Gasteiger partial charge on any atom is 0.193 e. The summed E-state index contributed by atoms with van der Waals surface area (Å²) in [5.41, 5.74) is 0.271. The molecule has 4 nitrogen and oxygen atoms in total. The number of phenolic OH excluding ortho intramolecular Hbond substituents is 1. The van der Waals surface area contributed by atoms with Crippen LogP contribution in [0.4, 0.5) is 0 Å². The van der Waals surface area contributed by atoms with Crippen molar-refractivity contribution in [3.05, 3.63) is 58.8 Å². The summed E-state index contributed by atoms with van der Waals surface area (Å²) >= 11 is 0. The minimum absolute atomic E-state index is 0.119. The molecule has 0 atom stereocenters. The zero-order valence-electron chi connectivity index (χ0n) is 9.79. The summed E-state index contributed by atoms with van der Waals surface area (Å²) in [4.78, 5) is 12.0. The lowest BCUT2D eigenvalue weighted by Gasteiger charge is -2.12. The van der Waals surface area contributed by atoms with Crippen molar-refractivity contribution in [2.45, 2.75) is 0 Å². The zero-order valence-corrected chi connectivity index (χ0v) is 9.79. The van der Waals surface area contributed by atoms with Crippen molar-refractivity contribution in [2.75, 3.05) is 0 Å². The molecule has 3 aromatic rings. The molecule has 3 rings (SSSR count). The van der Waals surface area contributed by atoms with Crippen LogP contribution in [0, 0.1) is 0 Å². The van der Waals surface area contributed by atoms with Gasteiger partial charge >= 0.3 is 0 Å². The molecule has 0 saturated heterocycles. The molecular formula is C15H9O4-. The molecule has 94 valence electrons. The van der Waals surface area contributed by atoms with E-state index in [1.165, 1.54) is 18.2 Å². The Kier molecular flexibility index (Phi) is 2.49. The monoisotopic (exact) mass is 253 g/mol. The summed E-state index contributed by atoms with van der Waals surface area (Å²) in [7, 11) is 0. The first-order valence-electron chi connectivity index (χ1n) is 5.69. The first-order chi connectivity index (χ1) is 9.16. The Bertz CT molecular complexity index is 803. The number of benzene rings is 2. The summed E-state index contributed by atoms with van der Waals surface area (Å²) in [6, 6.07) is 12.9. The number of fused-ring (bicyclic) bond motifs is 1. The van der Waals surface area contributed by atoms with Crippen LogP contribution in [0.1, 0.15) is 0 Å². The molecule has 2 aromatic carbocycles. The number of hydrogen-bond donors (Lipinski definition) is 1. The van der Waals surface area contributed by atoms with Crippen LogP contribution in [-0.2, 0) is 0 Å². The molecule has 0 radical (unpaired) electrons. The van der Waals surface area contributed by atoms with Crippen molar-refractivity contribution >= 4 is 11.0 Å². The zero-order chi connectivity index (χ0) is 13.4. The van der Waals surface area contributed by atoms with E-state index in [9.17, 15) is 15.0 Å². The highest BCUT2D eigenvalue weighted by atomic mass is 16.4. The standard InChI is InChI=1S/C15H10O4/c16-11-7-6-10-12(17)8-13(19-15(10)14(11)18)9-4-2-1-3-5-9/h1-8,16,18H/p-1. The van der Waals surface area contributed by atoms with Crippen molar-refractivity contribution < 1.29 is 14.6 Å². The van der Waals surface area contributed by atoms with Crippen molar-refractivity contribution in [3.8, 4) is 22.8 Å². The summed E-state index contributed by atoms with van der Waals surface area (Å²) in [6.07, 6.45) is 0. The SMILES string of the molecule is O=c1cc(-c2ccccc2)oc2c([O-])c(O)ccc12. The molecule has 4 heteroatoms. The maximum absolute atomic E-state index is 12.0. The lowest BCUT2D eigenvalue weighted by atomic mass is 10.1. The lowest BCUT2D eigenvalue weighted by molar-refractivity contribution is -0.268. The van der Waals surface area contributed by atoms with Gasteiger partial charge < -0.3 is 14.6 Å². The van der Waals surface area contributed by atoms with Crippen LogP contribution in [-0.4, -0.2) is 5.11 Å². The third-order valence-corrected chi connectivity index (χ3v) is 2.89. The average molecular weight is 253 g/mol. The molecule has 1 N–H and O–H groups in total. The minimum Gasteiger partial charge on any atom is -0.867 e. The summed E-state index contributed by atoms with van der Waals surface area (Å²) in [6.45, 7) is 0. The molecule has 0 saturated carbocycles. The third kappa shape index (κ3) is 1.83. The van der Waals surface area contributed by atoms with Gasteiger partial charge in [-0.15, -0.1) is 0 Å². The highest BCUT2D eigenvalue weighted by molar-refractivity contribution is 5.85. The largest absolute Gasteiger partial charge is 0.867 e.